The second-order valence-corrected chi connectivity index (χ2v) is 2.80. The molecule has 0 bridgehead atoms. The van der Waals surface area contributed by atoms with Gasteiger partial charge in [0, 0.05) is 6.54 Å². The van der Waals surface area contributed by atoms with E-state index in [0.29, 0.717) is 6.54 Å². The van der Waals surface area contributed by atoms with Crippen molar-refractivity contribution in [3.8, 4) is 0 Å². The minimum Gasteiger partial charge on any atom is -0.467 e. The lowest BCUT2D eigenvalue weighted by Crippen LogP contribution is -2.29. The lowest BCUT2D eigenvalue weighted by molar-refractivity contribution is -0.141. The highest BCUT2D eigenvalue weighted by atomic mass is 16.5. The van der Waals surface area contributed by atoms with Crippen molar-refractivity contribution < 1.29 is 9.53 Å². The Hall–Kier alpha value is -1.06. The second-order valence-electron chi connectivity index (χ2n) is 2.80. The van der Waals surface area contributed by atoms with Crippen molar-refractivity contribution in [1.29, 1.82) is 0 Å². The first-order chi connectivity index (χ1) is 5.77. The molecule has 0 fully saturated rings. The first-order valence-electron chi connectivity index (χ1n) is 4.13. The lowest BCUT2D eigenvalue weighted by Gasteiger charge is -2.13. The Morgan fingerprint density at radius 1 is 1.83 bits per heavy atom. The quantitative estimate of drug-likeness (QED) is 0.571. The Labute approximate surface area is 72.2 Å². The van der Waals surface area contributed by atoms with E-state index in [1.807, 2.05) is 4.90 Å². The number of aliphatic imine (C=N–C) groups is 1. The topological polar surface area (TPSA) is 41.9 Å². The third-order valence-corrected chi connectivity index (χ3v) is 1.80. The van der Waals surface area contributed by atoms with Crippen LogP contribution in [0, 0.1) is 0 Å². The average molecular weight is 170 g/mol. The fraction of sp³-hybridized carbons (Fsp3) is 0.750. The standard InChI is InChI=1S/C8H14N2O2/c1-3-4-10-5-7(9-6-10)8(11)12-2/h6-7H,3-5H2,1-2H3. The Morgan fingerprint density at radius 3 is 3.17 bits per heavy atom. The normalized spacial score (nSPS) is 21.5. The maximum absolute atomic E-state index is 11.0. The Balaban J connectivity index is 2.37. The smallest absolute Gasteiger partial charge is 0.332 e. The van der Waals surface area contributed by atoms with Gasteiger partial charge in [0.1, 0.15) is 0 Å². The minimum absolute atomic E-state index is 0.246. The van der Waals surface area contributed by atoms with Gasteiger partial charge in [0.15, 0.2) is 6.04 Å². The highest BCUT2D eigenvalue weighted by Gasteiger charge is 2.24. The molecular weight excluding hydrogens is 156 g/mol. The van der Waals surface area contributed by atoms with Crippen LogP contribution in [0.25, 0.3) is 0 Å². The van der Waals surface area contributed by atoms with Gasteiger partial charge in [-0.2, -0.15) is 0 Å². The molecule has 1 aliphatic heterocycles. The highest BCUT2D eigenvalue weighted by molar-refractivity contribution is 5.80. The zero-order valence-electron chi connectivity index (χ0n) is 7.49. The van der Waals surface area contributed by atoms with Crippen LogP contribution in [0.1, 0.15) is 13.3 Å². The molecule has 0 aromatic rings. The molecule has 4 nitrogen and oxygen atoms in total. The number of esters is 1. The summed E-state index contributed by atoms with van der Waals surface area (Å²) in [7, 11) is 1.39. The second kappa shape index (κ2) is 4.09. The van der Waals surface area contributed by atoms with Crippen molar-refractivity contribution in [3.63, 3.8) is 0 Å². The third kappa shape index (κ3) is 1.96. The molecular formula is C8H14N2O2. The van der Waals surface area contributed by atoms with Gasteiger partial charge in [0.2, 0.25) is 0 Å². The van der Waals surface area contributed by atoms with Crippen LogP contribution >= 0.6 is 0 Å². The maximum atomic E-state index is 11.0. The molecule has 1 unspecified atom stereocenters. The maximum Gasteiger partial charge on any atom is 0.332 e. The van der Waals surface area contributed by atoms with Crippen molar-refractivity contribution in [1.82, 2.24) is 4.90 Å². The van der Waals surface area contributed by atoms with E-state index in [1.54, 1.807) is 6.34 Å². The molecule has 0 spiro atoms. The first kappa shape index (κ1) is 9.03. The Kier molecular flexibility index (Phi) is 3.08. The van der Waals surface area contributed by atoms with E-state index in [2.05, 4.69) is 16.7 Å². The van der Waals surface area contributed by atoms with E-state index in [-0.39, 0.29) is 12.0 Å². The molecule has 0 aromatic heterocycles. The van der Waals surface area contributed by atoms with Gasteiger partial charge in [-0.05, 0) is 6.42 Å². The van der Waals surface area contributed by atoms with E-state index < -0.39 is 0 Å². The number of rotatable bonds is 3. The molecule has 1 rings (SSSR count). The van der Waals surface area contributed by atoms with Gasteiger partial charge in [0.05, 0.1) is 20.0 Å². The molecule has 0 N–H and O–H groups in total. The van der Waals surface area contributed by atoms with E-state index in [0.717, 1.165) is 13.0 Å². The first-order valence-corrected chi connectivity index (χ1v) is 4.13. The van der Waals surface area contributed by atoms with Crippen molar-refractivity contribution in [2.75, 3.05) is 20.2 Å². The number of hydrogen-bond acceptors (Lipinski definition) is 4. The summed E-state index contributed by atoms with van der Waals surface area (Å²) in [6.07, 6.45) is 2.80. The van der Waals surface area contributed by atoms with Crippen LogP contribution in [0.5, 0.6) is 0 Å². The largest absolute Gasteiger partial charge is 0.467 e. The van der Waals surface area contributed by atoms with Crippen LogP contribution < -0.4 is 0 Å². The Morgan fingerprint density at radius 2 is 2.58 bits per heavy atom. The summed E-state index contributed by atoms with van der Waals surface area (Å²) in [5.41, 5.74) is 0. The summed E-state index contributed by atoms with van der Waals surface area (Å²) < 4.78 is 4.58. The predicted octanol–water partition coefficient (Wildman–Crippen LogP) is 0.282. The lowest BCUT2D eigenvalue weighted by atomic mass is 10.3. The van der Waals surface area contributed by atoms with Crippen LogP contribution in [0.4, 0.5) is 0 Å². The van der Waals surface area contributed by atoms with Gasteiger partial charge < -0.3 is 9.64 Å². The summed E-state index contributed by atoms with van der Waals surface area (Å²) in [5, 5.41) is 0. The summed E-state index contributed by atoms with van der Waals surface area (Å²) in [4.78, 5) is 17.1. The van der Waals surface area contributed by atoms with Crippen LogP contribution in [0.3, 0.4) is 0 Å². The van der Waals surface area contributed by atoms with Gasteiger partial charge in [0.25, 0.3) is 0 Å². The van der Waals surface area contributed by atoms with Gasteiger partial charge in [-0.25, -0.2) is 4.79 Å². The molecule has 68 valence electrons. The summed E-state index contributed by atoms with van der Waals surface area (Å²) in [5.74, 6) is -0.246. The summed E-state index contributed by atoms with van der Waals surface area (Å²) >= 11 is 0. The van der Waals surface area contributed by atoms with Crippen molar-refractivity contribution in [2.45, 2.75) is 19.4 Å². The molecule has 12 heavy (non-hydrogen) atoms. The van der Waals surface area contributed by atoms with Crippen LogP contribution in [-0.2, 0) is 9.53 Å². The monoisotopic (exact) mass is 170 g/mol. The van der Waals surface area contributed by atoms with Crippen molar-refractivity contribution >= 4 is 12.3 Å². The van der Waals surface area contributed by atoms with Crippen LogP contribution in [0.2, 0.25) is 0 Å². The number of hydrogen-bond donors (Lipinski definition) is 0. The minimum atomic E-state index is -0.304. The fourth-order valence-corrected chi connectivity index (χ4v) is 1.20. The fourth-order valence-electron chi connectivity index (χ4n) is 1.20. The zero-order valence-corrected chi connectivity index (χ0v) is 7.49. The molecule has 0 aromatic carbocycles. The molecule has 0 radical (unpaired) electrons. The molecule has 0 saturated heterocycles. The number of ether oxygens (including phenoxy) is 1. The van der Waals surface area contributed by atoms with Gasteiger partial charge in [-0.15, -0.1) is 0 Å². The van der Waals surface area contributed by atoms with Crippen LogP contribution in [-0.4, -0.2) is 43.4 Å². The molecule has 0 saturated carbocycles. The molecule has 1 aliphatic rings. The van der Waals surface area contributed by atoms with Crippen LogP contribution in [0.15, 0.2) is 4.99 Å². The van der Waals surface area contributed by atoms with E-state index in [4.69, 9.17) is 0 Å². The van der Waals surface area contributed by atoms with Gasteiger partial charge in [-0.3, -0.25) is 4.99 Å². The predicted molar refractivity (Wildman–Crippen MR) is 46.2 cm³/mol. The molecule has 1 atom stereocenters. The molecule has 1 heterocycles. The number of methoxy groups -OCH3 is 1. The highest BCUT2D eigenvalue weighted by Crippen LogP contribution is 2.05. The number of nitrogens with zero attached hydrogens (tertiary/aromatic N) is 2. The Bertz CT molecular complexity index is 191. The van der Waals surface area contributed by atoms with E-state index in [9.17, 15) is 4.79 Å². The number of carbonyl (C=O) groups is 1. The number of carbonyl (C=O) groups excluding carboxylic acids is 1. The van der Waals surface area contributed by atoms with Crippen molar-refractivity contribution in [2.24, 2.45) is 4.99 Å². The SMILES string of the molecule is CCCN1C=NC(C(=O)OC)C1. The van der Waals surface area contributed by atoms with Gasteiger partial charge in [-0.1, -0.05) is 6.92 Å². The molecule has 4 heteroatoms. The molecule has 0 aliphatic carbocycles. The van der Waals surface area contributed by atoms with Crippen molar-refractivity contribution in [3.05, 3.63) is 0 Å². The van der Waals surface area contributed by atoms with E-state index >= 15 is 0 Å². The summed E-state index contributed by atoms with van der Waals surface area (Å²) in [6.45, 7) is 3.72. The summed E-state index contributed by atoms with van der Waals surface area (Å²) in [6, 6.07) is -0.304. The van der Waals surface area contributed by atoms with Gasteiger partial charge >= 0.3 is 5.97 Å². The average Bonchev–Trinajstić information content (AvgIpc) is 2.52. The zero-order chi connectivity index (χ0) is 8.97. The van der Waals surface area contributed by atoms with E-state index in [1.165, 1.54) is 7.11 Å². The molecule has 0 amide bonds. The third-order valence-electron chi connectivity index (χ3n) is 1.80.